The fraction of sp³-hybridized carbons (Fsp3) is 0.350. The monoisotopic (exact) mass is 353 g/mol. The van der Waals surface area contributed by atoms with Gasteiger partial charge in [-0.2, -0.15) is 0 Å². The Bertz CT molecular complexity index is 785. The molecule has 1 aromatic carbocycles. The van der Waals surface area contributed by atoms with Gasteiger partial charge in [-0.1, -0.05) is 12.1 Å². The number of aromatic nitrogens is 1. The molecule has 0 aliphatic heterocycles. The SMILES string of the molecule is CCOc1ncccc1C(=O)NC(C)c1ccc(NC(=O)C2CC2)cc1. The summed E-state index contributed by atoms with van der Waals surface area (Å²) in [5.41, 5.74) is 2.13. The van der Waals surface area contributed by atoms with Gasteiger partial charge in [0.25, 0.3) is 5.91 Å². The number of pyridine rings is 1. The first-order valence-electron chi connectivity index (χ1n) is 8.88. The van der Waals surface area contributed by atoms with Gasteiger partial charge in [0, 0.05) is 17.8 Å². The number of nitrogens with one attached hydrogen (secondary N) is 2. The average molecular weight is 353 g/mol. The van der Waals surface area contributed by atoms with Gasteiger partial charge < -0.3 is 15.4 Å². The van der Waals surface area contributed by atoms with Gasteiger partial charge in [-0.05, 0) is 56.5 Å². The van der Waals surface area contributed by atoms with Crippen molar-refractivity contribution in [2.24, 2.45) is 5.92 Å². The zero-order valence-corrected chi connectivity index (χ0v) is 15.0. The smallest absolute Gasteiger partial charge is 0.257 e. The van der Waals surface area contributed by atoms with E-state index >= 15 is 0 Å². The number of anilines is 1. The van der Waals surface area contributed by atoms with Gasteiger partial charge >= 0.3 is 0 Å². The Morgan fingerprint density at radius 2 is 1.96 bits per heavy atom. The number of hydrogen-bond donors (Lipinski definition) is 2. The fourth-order valence-electron chi connectivity index (χ4n) is 2.62. The molecule has 1 saturated carbocycles. The minimum atomic E-state index is -0.236. The summed E-state index contributed by atoms with van der Waals surface area (Å²) in [6.45, 7) is 4.20. The molecule has 2 aromatic rings. The second-order valence-electron chi connectivity index (χ2n) is 6.37. The molecule has 2 N–H and O–H groups in total. The highest BCUT2D eigenvalue weighted by Crippen LogP contribution is 2.30. The van der Waals surface area contributed by atoms with Gasteiger partial charge in [0.1, 0.15) is 5.56 Å². The van der Waals surface area contributed by atoms with Crippen molar-refractivity contribution in [3.8, 4) is 5.88 Å². The molecule has 0 saturated heterocycles. The Morgan fingerprint density at radius 3 is 2.62 bits per heavy atom. The zero-order chi connectivity index (χ0) is 18.5. The van der Waals surface area contributed by atoms with Gasteiger partial charge in [0.2, 0.25) is 11.8 Å². The maximum Gasteiger partial charge on any atom is 0.257 e. The molecule has 0 bridgehead atoms. The number of nitrogens with zero attached hydrogens (tertiary/aromatic N) is 1. The topological polar surface area (TPSA) is 80.3 Å². The fourth-order valence-corrected chi connectivity index (χ4v) is 2.62. The zero-order valence-electron chi connectivity index (χ0n) is 15.0. The van der Waals surface area contributed by atoms with Gasteiger partial charge in [-0.25, -0.2) is 4.98 Å². The van der Waals surface area contributed by atoms with E-state index in [0.717, 1.165) is 24.1 Å². The van der Waals surface area contributed by atoms with Gasteiger partial charge in [0.05, 0.1) is 12.6 Å². The second kappa shape index (κ2) is 7.99. The van der Waals surface area contributed by atoms with Gasteiger partial charge in [-0.15, -0.1) is 0 Å². The van der Waals surface area contributed by atoms with Crippen LogP contribution in [0.4, 0.5) is 5.69 Å². The molecule has 1 aliphatic carbocycles. The number of ether oxygens (including phenoxy) is 1. The summed E-state index contributed by atoms with van der Waals surface area (Å²) in [6.07, 6.45) is 3.55. The number of carbonyl (C=O) groups is 2. The van der Waals surface area contributed by atoms with Gasteiger partial charge in [-0.3, -0.25) is 9.59 Å². The van der Waals surface area contributed by atoms with Crippen molar-refractivity contribution in [1.82, 2.24) is 10.3 Å². The molecule has 1 unspecified atom stereocenters. The van der Waals surface area contributed by atoms with Crippen molar-refractivity contribution in [2.45, 2.75) is 32.7 Å². The van der Waals surface area contributed by atoms with Crippen molar-refractivity contribution in [2.75, 3.05) is 11.9 Å². The third kappa shape index (κ3) is 4.39. The lowest BCUT2D eigenvalue weighted by Crippen LogP contribution is -2.27. The highest BCUT2D eigenvalue weighted by molar-refractivity contribution is 5.96. The summed E-state index contributed by atoms with van der Waals surface area (Å²) < 4.78 is 5.41. The van der Waals surface area contributed by atoms with Crippen LogP contribution in [-0.2, 0) is 4.79 Å². The van der Waals surface area contributed by atoms with Crippen LogP contribution in [0.5, 0.6) is 5.88 Å². The number of amides is 2. The molecule has 2 amide bonds. The minimum absolute atomic E-state index is 0.0825. The molecule has 1 aromatic heterocycles. The molecule has 0 radical (unpaired) electrons. The van der Waals surface area contributed by atoms with Crippen molar-refractivity contribution in [3.05, 3.63) is 53.7 Å². The van der Waals surface area contributed by atoms with Crippen LogP contribution in [0.25, 0.3) is 0 Å². The maximum atomic E-state index is 12.5. The van der Waals surface area contributed by atoms with Crippen molar-refractivity contribution >= 4 is 17.5 Å². The van der Waals surface area contributed by atoms with Crippen molar-refractivity contribution < 1.29 is 14.3 Å². The van der Waals surface area contributed by atoms with E-state index in [0.29, 0.717) is 18.1 Å². The molecule has 1 atom stereocenters. The Balaban J connectivity index is 1.63. The summed E-state index contributed by atoms with van der Waals surface area (Å²) in [6, 6.07) is 10.7. The standard InChI is InChI=1S/C20H23N3O3/c1-3-26-20-17(5-4-12-21-20)19(25)22-13(2)14-8-10-16(11-9-14)23-18(24)15-6-7-15/h4-5,8-13,15H,3,6-7H2,1-2H3,(H,22,25)(H,23,24). The van der Waals surface area contributed by atoms with Crippen LogP contribution >= 0.6 is 0 Å². The third-order valence-electron chi connectivity index (χ3n) is 4.27. The number of carbonyl (C=O) groups excluding carboxylic acids is 2. The second-order valence-corrected chi connectivity index (χ2v) is 6.37. The van der Waals surface area contributed by atoms with E-state index in [4.69, 9.17) is 4.74 Å². The lowest BCUT2D eigenvalue weighted by Gasteiger charge is -2.16. The molecule has 26 heavy (non-hydrogen) atoms. The van der Waals surface area contributed by atoms with Crippen molar-refractivity contribution in [1.29, 1.82) is 0 Å². The van der Waals surface area contributed by atoms with Crippen LogP contribution in [0.15, 0.2) is 42.6 Å². The Labute approximate surface area is 153 Å². The summed E-state index contributed by atoms with van der Waals surface area (Å²) in [5, 5.41) is 5.86. The first-order chi connectivity index (χ1) is 12.6. The number of benzene rings is 1. The average Bonchev–Trinajstić information content (AvgIpc) is 3.48. The largest absolute Gasteiger partial charge is 0.477 e. The predicted molar refractivity (Wildman–Crippen MR) is 99.1 cm³/mol. The van der Waals surface area contributed by atoms with E-state index in [-0.39, 0.29) is 23.8 Å². The van der Waals surface area contributed by atoms with Crippen molar-refractivity contribution in [3.63, 3.8) is 0 Å². The van der Waals surface area contributed by atoms with E-state index in [9.17, 15) is 9.59 Å². The molecule has 3 rings (SSSR count). The number of rotatable bonds is 7. The quantitative estimate of drug-likeness (QED) is 0.800. The maximum absolute atomic E-state index is 12.5. The molecule has 1 aliphatic rings. The lowest BCUT2D eigenvalue weighted by molar-refractivity contribution is -0.117. The molecule has 1 fully saturated rings. The predicted octanol–water partition coefficient (Wildman–Crippen LogP) is 3.32. The molecular formula is C20H23N3O3. The van der Waals surface area contributed by atoms with Crippen LogP contribution in [0.1, 0.15) is 48.7 Å². The van der Waals surface area contributed by atoms with Crippen LogP contribution in [0.3, 0.4) is 0 Å². The summed E-state index contributed by atoms with van der Waals surface area (Å²) in [4.78, 5) is 28.4. The molecule has 1 heterocycles. The third-order valence-corrected chi connectivity index (χ3v) is 4.27. The highest BCUT2D eigenvalue weighted by Gasteiger charge is 2.29. The summed E-state index contributed by atoms with van der Waals surface area (Å²) in [7, 11) is 0. The Hall–Kier alpha value is -2.89. The van der Waals surface area contributed by atoms with E-state index in [1.165, 1.54) is 0 Å². The van der Waals surface area contributed by atoms with E-state index in [1.54, 1.807) is 18.3 Å². The molecule has 6 nitrogen and oxygen atoms in total. The molecule has 0 spiro atoms. The molecule has 136 valence electrons. The first kappa shape index (κ1) is 17.9. The van der Waals surface area contributed by atoms with Crippen LogP contribution in [-0.4, -0.2) is 23.4 Å². The normalized spacial score (nSPS) is 14.4. The van der Waals surface area contributed by atoms with E-state index in [1.807, 2.05) is 38.1 Å². The molecular weight excluding hydrogens is 330 g/mol. The minimum Gasteiger partial charge on any atom is -0.477 e. The first-order valence-corrected chi connectivity index (χ1v) is 8.88. The van der Waals surface area contributed by atoms with Crippen LogP contribution in [0.2, 0.25) is 0 Å². The summed E-state index contributed by atoms with van der Waals surface area (Å²) in [5.74, 6) is 0.351. The number of hydrogen-bond acceptors (Lipinski definition) is 4. The molecule has 6 heteroatoms. The Morgan fingerprint density at radius 1 is 1.23 bits per heavy atom. The summed E-state index contributed by atoms with van der Waals surface area (Å²) >= 11 is 0. The van der Waals surface area contributed by atoms with E-state index < -0.39 is 0 Å². The van der Waals surface area contributed by atoms with Crippen LogP contribution < -0.4 is 15.4 Å². The highest BCUT2D eigenvalue weighted by atomic mass is 16.5. The Kier molecular flexibility index (Phi) is 5.51. The lowest BCUT2D eigenvalue weighted by atomic mass is 10.1. The van der Waals surface area contributed by atoms with Crippen LogP contribution in [0, 0.1) is 5.92 Å². The van der Waals surface area contributed by atoms with E-state index in [2.05, 4.69) is 15.6 Å². The van der Waals surface area contributed by atoms with Gasteiger partial charge in [0.15, 0.2) is 0 Å².